The second kappa shape index (κ2) is 17.2. The molecule has 0 bridgehead atoms. The zero-order chi connectivity index (χ0) is 34.7. The Bertz CT molecular complexity index is 1750. The number of anilines is 1. The average molecular weight is 737 g/mol. The molecule has 4 aromatic rings. The zero-order valence-electron chi connectivity index (χ0n) is 27.6. The molecule has 9 nitrogen and oxygen atoms in total. The van der Waals surface area contributed by atoms with Crippen molar-refractivity contribution in [2.45, 2.75) is 57.1 Å². The highest BCUT2D eigenvalue weighted by molar-refractivity contribution is 9.10. The predicted molar refractivity (Wildman–Crippen MR) is 192 cm³/mol. The Labute approximate surface area is 292 Å². The van der Waals surface area contributed by atoms with Crippen LogP contribution < -0.4 is 19.1 Å². The molecular formula is C37H42BrN3O6S. The molecule has 0 saturated heterocycles. The maximum Gasteiger partial charge on any atom is 0.264 e. The van der Waals surface area contributed by atoms with Gasteiger partial charge in [0.05, 0.1) is 24.3 Å². The number of carbonyl (C=O) groups excluding carboxylic acids is 2. The van der Waals surface area contributed by atoms with Crippen molar-refractivity contribution in [3.63, 3.8) is 0 Å². The van der Waals surface area contributed by atoms with Gasteiger partial charge in [-0.25, -0.2) is 8.42 Å². The lowest BCUT2D eigenvalue weighted by atomic mass is 10.0. The Hall–Kier alpha value is -4.35. The second-order valence-corrected chi connectivity index (χ2v) is 14.1. The summed E-state index contributed by atoms with van der Waals surface area (Å²) in [6.07, 6.45) is 0.923. The van der Waals surface area contributed by atoms with Gasteiger partial charge >= 0.3 is 0 Å². The lowest BCUT2D eigenvalue weighted by Gasteiger charge is -2.34. The van der Waals surface area contributed by atoms with E-state index in [1.807, 2.05) is 63.2 Å². The Morgan fingerprint density at radius 3 is 2.15 bits per heavy atom. The van der Waals surface area contributed by atoms with E-state index in [1.54, 1.807) is 55.6 Å². The van der Waals surface area contributed by atoms with Gasteiger partial charge in [-0.05, 0) is 92.1 Å². The minimum Gasteiger partial charge on any atom is -0.497 e. The average Bonchev–Trinajstić information content (AvgIpc) is 3.09. The molecule has 0 aliphatic carbocycles. The van der Waals surface area contributed by atoms with Gasteiger partial charge in [-0.15, -0.1) is 0 Å². The summed E-state index contributed by atoms with van der Waals surface area (Å²) < 4.78 is 41.3. The van der Waals surface area contributed by atoms with Gasteiger partial charge in [-0.3, -0.25) is 13.9 Å². The van der Waals surface area contributed by atoms with Crippen molar-refractivity contribution in [1.29, 1.82) is 0 Å². The molecule has 48 heavy (non-hydrogen) atoms. The van der Waals surface area contributed by atoms with Crippen molar-refractivity contribution < 1.29 is 27.5 Å². The van der Waals surface area contributed by atoms with Crippen LogP contribution in [-0.2, 0) is 32.6 Å². The molecule has 4 aromatic carbocycles. The molecule has 2 amide bonds. The van der Waals surface area contributed by atoms with Crippen molar-refractivity contribution >= 4 is 43.5 Å². The van der Waals surface area contributed by atoms with Crippen molar-refractivity contribution in [3.8, 4) is 11.5 Å². The first kappa shape index (κ1) is 36.5. The van der Waals surface area contributed by atoms with E-state index in [-0.39, 0.29) is 35.5 Å². The molecule has 0 spiro atoms. The summed E-state index contributed by atoms with van der Waals surface area (Å²) in [6.45, 7) is 5.66. The van der Waals surface area contributed by atoms with Gasteiger partial charge in [0.15, 0.2) is 0 Å². The molecule has 1 N–H and O–H groups in total. The van der Waals surface area contributed by atoms with Gasteiger partial charge in [0, 0.05) is 23.5 Å². The van der Waals surface area contributed by atoms with Crippen LogP contribution in [0.25, 0.3) is 0 Å². The molecule has 4 rings (SSSR count). The fourth-order valence-corrected chi connectivity index (χ4v) is 6.78. The van der Waals surface area contributed by atoms with Crippen LogP contribution >= 0.6 is 15.9 Å². The molecule has 0 heterocycles. The molecule has 0 radical (unpaired) electrons. The van der Waals surface area contributed by atoms with E-state index in [0.29, 0.717) is 29.0 Å². The summed E-state index contributed by atoms with van der Waals surface area (Å²) in [5, 5.41) is 3.05. The van der Waals surface area contributed by atoms with Gasteiger partial charge in [0.1, 0.15) is 24.1 Å². The van der Waals surface area contributed by atoms with Gasteiger partial charge in [-0.2, -0.15) is 0 Å². The number of nitrogens with zero attached hydrogens (tertiary/aromatic N) is 2. The smallest absolute Gasteiger partial charge is 0.264 e. The van der Waals surface area contributed by atoms with Crippen LogP contribution in [0, 0.1) is 0 Å². The summed E-state index contributed by atoms with van der Waals surface area (Å²) in [4.78, 5) is 30.1. The number of benzene rings is 4. The third-order valence-electron chi connectivity index (χ3n) is 7.88. The monoisotopic (exact) mass is 735 g/mol. The molecule has 0 aromatic heterocycles. The number of rotatable bonds is 16. The third-order valence-corrected chi connectivity index (χ3v) is 10.2. The Morgan fingerprint density at radius 1 is 0.854 bits per heavy atom. The van der Waals surface area contributed by atoms with Crippen LogP contribution in [0.5, 0.6) is 11.5 Å². The first-order valence-corrected chi connectivity index (χ1v) is 18.1. The third kappa shape index (κ3) is 9.60. The maximum absolute atomic E-state index is 14.7. The van der Waals surface area contributed by atoms with Gasteiger partial charge in [0.2, 0.25) is 11.8 Å². The van der Waals surface area contributed by atoms with Gasteiger partial charge in [-0.1, -0.05) is 65.3 Å². The number of amides is 2. The number of hydrogen-bond acceptors (Lipinski definition) is 6. The molecule has 2 atom stereocenters. The fraction of sp³-hybridized carbons (Fsp3) is 0.297. The highest BCUT2D eigenvalue weighted by atomic mass is 79.9. The van der Waals surface area contributed by atoms with E-state index < -0.39 is 28.5 Å². The minimum absolute atomic E-state index is 0.0158. The molecule has 0 fully saturated rings. The molecule has 0 saturated carbocycles. The Kier molecular flexibility index (Phi) is 13.0. The van der Waals surface area contributed by atoms with Crippen LogP contribution in [0.4, 0.5) is 5.69 Å². The highest BCUT2D eigenvalue weighted by Crippen LogP contribution is 2.28. The summed E-state index contributed by atoms with van der Waals surface area (Å²) >= 11 is 3.37. The van der Waals surface area contributed by atoms with Crippen molar-refractivity contribution in [3.05, 3.63) is 119 Å². The second-order valence-electron chi connectivity index (χ2n) is 11.3. The summed E-state index contributed by atoms with van der Waals surface area (Å²) in [7, 11) is -2.68. The summed E-state index contributed by atoms with van der Waals surface area (Å²) in [5.41, 5.74) is 1.86. The van der Waals surface area contributed by atoms with Crippen molar-refractivity contribution in [2.75, 3.05) is 24.6 Å². The van der Waals surface area contributed by atoms with E-state index in [9.17, 15) is 18.0 Å². The van der Waals surface area contributed by atoms with Crippen LogP contribution in [-0.4, -0.2) is 57.5 Å². The number of sulfonamides is 1. The lowest BCUT2D eigenvalue weighted by molar-refractivity contribution is -0.140. The van der Waals surface area contributed by atoms with Crippen LogP contribution in [0.2, 0.25) is 0 Å². The van der Waals surface area contributed by atoms with E-state index in [4.69, 9.17) is 9.47 Å². The van der Waals surface area contributed by atoms with E-state index in [0.717, 1.165) is 15.4 Å². The Morgan fingerprint density at radius 2 is 1.52 bits per heavy atom. The summed E-state index contributed by atoms with van der Waals surface area (Å²) in [6, 6.07) is 28.4. The lowest BCUT2D eigenvalue weighted by Crippen LogP contribution is -2.54. The number of ether oxygens (including phenoxy) is 2. The summed E-state index contributed by atoms with van der Waals surface area (Å²) in [5.74, 6) is 0.288. The zero-order valence-corrected chi connectivity index (χ0v) is 30.0. The fourth-order valence-electron chi connectivity index (χ4n) is 5.10. The SMILES string of the molecule is CCOc1ccc(N(CC(=O)N(Cc2cccc(OC)c2)C(Cc2ccccc2)C(=O)NC(C)CC)S(=O)(=O)c2ccc(Br)cc2)cc1. The topological polar surface area (TPSA) is 105 Å². The first-order valence-electron chi connectivity index (χ1n) is 15.8. The van der Waals surface area contributed by atoms with Crippen LogP contribution in [0.15, 0.2) is 112 Å². The quantitative estimate of drug-likeness (QED) is 0.139. The van der Waals surface area contributed by atoms with E-state index in [2.05, 4.69) is 21.2 Å². The number of carbonyl (C=O) groups is 2. The van der Waals surface area contributed by atoms with Crippen molar-refractivity contribution in [2.24, 2.45) is 0 Å². The molecule has 2 unspecified atom stereocenters. The number of nitrogens with one attached hydrogen (secondary N) is 1. The molecule has 11 heteroatoms. The minimum atomic E-state index is -4.23. The number of halogens is 1. The largest absolute Gasteiger partial charge is 0.497 e. The van der Waals surface area contributed by atoms with E-state index >= 15 is 0 Å². The number of methoxy groups -OCH3 is 1. The predicted octanol–water partition coefficient (Wildman–Crippen LogP) is 6.61. The van der Waals surface area contributed by atoms with Gasteiger partial charge < -0.3 is 19.7 Å². The van der Waals surface area contributed by atoms with Crippen LogP contribution in [0.3, 0.4) is 0 Å². The maximum atomic E-state index is 14.7. The first-order chi connectivity index (χ1) is 23.0. The van der Waals surface area contributed by atoms with Crippen LogP contribution in [0.1, 0.15) is 38.3 Å². The normalized spacial score (nSPS) is 12.4. The highest BCUT2D eigenvalue weighted by Gasteiger charge is 2.35. The molecule has 254 valence electrons. The molecular weight excluding hydrogens is 694 g/mol. The Balaban J connectivity index is 1.82. The number of hydrogen-bond donors (Lipinski definition) is 1. The van der Waals surface area contributed by atoms with Crippen molar-refractivity contribution in [1.82, 2.24) is 10.2 Å². The molecule has 0 aliphatic rings. The van der Waals surface area contributed by atoms with Gasteiger partial charge in [0.25, 0.3) is 10.0 Å². The molecule has 0 aliphatic heterocycles. The standard InChI is InChI=1S/C37H42BrN3O6S/c1-5-27(3)39-37(43)35(24-28-11-8-7-9-12-28)40(25-29-13-10-14-33(23-29)46-4)36(42)26-41(31-17-19-32(20-18-31)47-6-2)48(44,45)34-21-15-30(38)16-22-34/h7-23,27,35H,5-6,24-26H2,1-4H3,(H,39,43). The van der Waals surface area contributed by atoms with E-state index in [1.165, 1.54) is 17.0 Å².